The molecule has 0 radical (unpaired) electrons. The smallest absolute Gasteiger partial charge is 0.219 e. The highest BCUT2D eigenvalue weighted by molar-refractivity contribution is 5.32. The summed E-state index contributed by atoms with van der Waals surface area (Å²) in [6.07, 6.45) is 8.76. The van der Waals surface area contributed by atoms with E-state index in [9.17, 15) is 0 Å². The van der Waals surface area contributed by atoms with Crippen molar-refractivity contribution in [2.24, 2.45) is 0 Å². The second-order valence-electron chi connectivity index (χ2n) is 6.61. The molecule has 1 aromatic carbocycles. The predicted octanol–water partition coefficient (Wildman–Crippen LogP) is 5.71. The zero-order valence-electron chi connectivity index (χ0n) is 15.4. The van der Waals surface area contributed by atoms with Gasteiger partial charge in [0.2, 0.25) is 5.88 Å². The van der Waals surface area contributed by atoms with Crippen LogP contribution in [0.1, 0.15) is 30.5 Å². The van der Waals surface area contributed by atoms with Crippen LogP contribution in [0, 0.1) is 13.8 Å². The molecule has 3 heteroatoms. The standard InChI is InChI=1S/C23H25NO2/c1-17-11-14-21(15-12-17)25-20-8-4-5-9-22(18(2)13-16-20)26-23-10-6-7-19(3)24-23/h4-7,9-12,14-15,20H,2,8,13,16H2,1,3H3/b5-4-,22-9?/t20-/m0/s1. The largest absolute Gasteiger partial charge is 0.490 e. The average Bonchev–Trinajstić information content (AvgIpc) is 2.70. The molecular formula is C23H25NO2. The number of hydrogen-bond donors (Lipinski definition) is 0. The maximum absolute atomic E-state index is 6.15. The van der Waals surface area contributed by atoms with Crippen molar-refractivity contribution in [1.82, 2.24) is 4.98 Å². The van der Waals surface area contributed by atoms with E-state index in [2.05, 4.69) is 36.7 Å². The fraction of sp³-hybridized carbons (Fsp3) is 0.261. The van der Waals surface area contributed by atoms with Crippen LogP contribution in [0.2, 0.25) is 0 Å². The van der Waals surface area contributed by atoms with Crippen molar-refractivity contribution in [3.8, 4) is 11.6 Å². The van der Waals surface area contributed by atoms with E-state index in [4.69, 9.17) is 9.47 Å². The maximum atomic E-state index is 6.15. The Bertz CT molecular complexity index is 818. The molecule has 0 fully saturated rings. The number of rotatable bonds is 4. The number of aromatic nitrogens is 1. The molecule has 3 rings (SSSR count). The van der Waals surface area contributed by atoms with E-state index >= 15 is 0 Å². The van der Waals surface area contributed by atoms with E-state index in [1.165, 1.54) is 5.56 Å². The Balaban J connectivity index is 1.64. The fourth-order valence-corrected chi connectivity index (χ4v) is 2.79. The summed E-state index contributed by atoms with van der Waals surface area (Å²) in [5, 5.41) is 0. The summed E-state index contributed by atoms with van der Waals surface area (Å²) < 4.78 is 12.1. The normalized spacial score (nSPS) is 18.9. The van der Waals surface area contributed by atoms with Crippen LogP contribution in [0.15, 0.2) is 78.6 Å². The molecule has 3 nitrogen and oxygen atoms in total. The Morgan fingerprint density at radius 2 is 1.88 bits per heavy atom. The number of aryl methyl sites for hydroxylation is 2. The predicted molar refractivity (Wildman–Crippen MR) is 105 cm³/mol. The molecule has 0 unspecified atom stereocenters. The van der Waals surface area contributed by atoms with E-state index in [1.807, 2.05) is 49.4 Å². The highest BCUT2D eigenvalue weighted by atomic mass is 16.5. The van der Waals surface area contributed by atoms with Gasteiger partial charge in [0, 0.05) is 18.2 Å². The van der Waals surface area contributed by atoms with Gasteiger partial charge in [-0.15, -0.1) is 0 Å². The van der Waals surface area contributed by atoms with Gasteiger partial charge >= 0.3 is 0 Å². The van der Waals surface area contributed by atoms with Gasteiger partial charge in [0.05, 0.1) is 0 Å². The Labute approximate surface area is 155 Å². The van der Waals surface area contributed by atoms with Crippen LogP contribution in [0.3, 0.4) is 0 Å². The molecule has 0 saturated heterocycles. The van der Waals surface area contributed by atoms with Crippen molar-refractivity contribution in [2.75, 3.05) is 0 Å². The third kappa shape index (κ3) is 5.09. The molecule has 0 spiro atoms. The van der Waals surface area contributed by atoms with Gasteiger partial charge in [0.15, 0.2) is 0 Å². The number of benzene rings is 1. The minimum absolute atomic E-state index is 0.121. The molecule has 1 atom stereocenters. The van der Waals surface area contributed by atoms with Crippen LogP contribution in [0.25, 0.3) is 0 Å². The molecule has 0 amide bonds. The number of hydrogen-bond acceptors (Lipinski definition) is 3. The molecule has 0 aliphatic heterocycles. The van der Waals surface area contributed by atoms with Gasteiger partial charge in [0.25, 0.3) is 0 Å². The van der Waals surface area contributed by atoms with Gasteiger partial charge in [-0.05, 0) is 56.5 Å². The highest BCUT2D eigenvalue weighted by Crippen LogP contribution is 2.24. The first-order valence-corrected chi connectivity index (χ1v) is 9.00. The van der Waals surface area contributed by atoms with Crippen molar-refractivity contribution < 1.29 is 9.47 Å². The van der Waals surface area contributed by atoms with Crippen molar-refractivity contribution in [3.05, 3.63) is 89.9 Å². The number of nitrogens with zero attached hydrogens (tertiary/aromatic N) is 1. The minimum atomic E-state index is 0.121. The molecule has 1 heterocycles. The molecule has 1 aliphatic rings. The average molecular weight is 347 g/mol. The van der Waals surface area contributed by atoms with Crippen molar-refractivity contribution in [1.29, 1.82) is 0 Å². The number of allylic oxidation sites excluding steroid dienone is 3. The maximum Gasteiger partial charge on any atom is 0.219 e. The van der Waals surface area contributed by atoms with E-state index in [1.54, 1.807) is 0 Å². The third-order valence-electron chi connectivity index (χ3n) is 4.30. The summed E-state index contributed by atoms with van der Waals surface area (Å²) in [5.74, 6) is 2.26. The molecule has 134 valence electrons. The fourth-order valence-electron chi connectivity index (χ4n) is 2.79. The molecule has 1 aliphatic carbocycles. The van der Waals surface area contributed by atoms with Crippen LogP contribution in [0.5, 0.6) is 11.6 Å². The second kappa shape index (κ2) is 8.52. The van der Waals surface area contributed by atoms with Crippen molar-refractivity contribution in [2.45, 2.75) is 39.2 Å². The minimum Gasteiger partial charge on any atom is -0.490 e. The van der Waals surface area contributed by atoms with Gasteiger partial charge < -0.3 is 9.47 Å². The Morgan fingerprint density at radius 3 is 2.65 bits per heavy atom. The Hall–Kier alpha value is -2.81. The van der Waals surface area contributed by atoms with Gasteiger partial charge in [0.1, 0.15) is 17.6 Å². The topological polar surface area (TPSA) is 31.4 Å². The summed E-state index contributed by atoms with van der Waals surface area (Å²) >= 11 is 0. The van der Waals surface area contributed by atoms with E-state index in [0.717, 1.165) is 42.0 Å². The molecule has 0 N–H and O–H groups in total. The van der Waals surface area contributed by atoms with Crippen LogP contribution in [-0.4, -0.2) is 11.1 Å². The molecule has 0 saturated carbocycles. The number of ether oxygens (including phenoxy) is 2. The van der Waals surface area contributed by atoms with Crippen molar-refractivity contribution in [3.63, 3.8) is 0 Å². The van der Waals surface area contributed by atoms with Gasteiger partial charge in [-0.3, -0.25) is 0 Å². The lowest BCUT2D eigenvalue weighted by atomic mass is 10.1. The zero-order valence-corrected chi connectivity index (χ0v) is 15.4. The summed E-state index contributed by atoms with van der Waals surface area (Å²) in [6, 6.07) is 13.9. The second-order valence-corrected chi connectivity index (χ2v) is 6.61. The van der Waals surface area contributed by atoms with Crippen LogP contribution >= 0.6 is 0 Å². The van der Waals surface area contributed by atoms with E-state index in [-0.39, 0.29) is 6.10 Å². The molecule has 26 heavy (non-hydrogen) atoms. The first-order chi connectivity index (χ1) is 12.6. The van der Waals surface area contributed by atoms with E-state index < -0.39 is 0 Å². The third-order valence-corrected chi connectivity index (χ3v) is 4.30. The van der Waals surface area contributed by atoms with E-state index in [0.29, 0.717) is 5.88 Å². The lowest BCUT2D eigenvalue weighted by molar-refractivity contribution is 0.194. The molecule has 0 bridgehead atoms. The SMILES string of the molecule is C=C1CC[C@@H](Oc2ccc(C)cc2)C/C=C\C=C1Oc1cccc(C)n1. The Morgan fingerprint density at radius 1 is 1.08 bits per heavy atom. The lowest BCUT2D eigenvalue weighted by Gasteiger charge is -2.18. The summed E-state index contributed by atoms with van der Waals surface area (Å²) in [6.45, 7) is 8.23. The lowest BCUT2D eigenvalue weighted by Crippen LogP contribution is -2.16. The quantitative estimate of drug-likeness (QED) is 0.710. The zero-order chi connectivity index (χ0) is 18.4. The highest BCUT2D eigenvalue weighted by Gasteiger charge is 2.14. The molecule has 1 aromatic heterocycles. The van der Waals surface area contributed by atoms with Crippen LogP contribution in [0.4, 0.5) is 0 Å². The van der Waals surface area contributed by atoms with Gasteiger partial charge in [-0.2, -0.15) is 0 Å². The van der Waals surface area contributed by atoms with Gasteiger partial charge in [-0.25, -0.2) is 4.98 Å². The number of pyridine rings is 1. The molecular weight excluding hydrogens is 322 g/mol. The Kier molecular flexibility index (Phi) is 5.90. The first kappa shape index (κ1) is 18.0. The summed E-state index contributed by atoms with van der Waals surface area (Å²) in [4.78, 5) is 4.40. The van der Waals surface area contributed by atoms with Crippen molar-refractivity contribution >= 4 is 0 Å². The summed E-state index contributed by atoms with van der Waals surface area (Å²) in [7, 11) is 0. The first-order valence-electron chi connectivity index (χ1n) is 9.00. The molecule has 2 aromatic rings. The monoisotopic (exact) mass is 347 g/mol. The van der Waals surface area contributed by atoms with Crippen LogP contribution < -0.4 is 9.47 Å². The summed E-state index contributed by atoms with van der Waals surface area (Å²) in [5.41, 5.74) is 3.12. The van der Waals surface area contributed by atoms with Gasteiger partial charge in [-0.1, -0.05) is 42.5 Å². The van der Waals surface area contributed by atoms with Crippen LogP contribution in [-0.2, 0) is 0 Å².